The smallest absolute Gasteiger partial charge is 0.0420 e. The van der Waals surface area contributed by atoms with Gasteiger partial charge in [0.05, 0.1) is 0 Å². The van der Waals surface area contributed by atoms with Gasteiger partial charge in [-0.15, -0.1) is 6.58 Å². The highest BCUT2D eigenvalue weighted by Gasteiger charge is 2.12. The van der Waals surface area contributed by atoms with Gasteiger partial charge in [-0.05, 0) is 50.8 Å². The fraction of sp³-hybridized carbons (Fsp3) is 0.588. The second-order valence-corrected chi connectivity index (χ2v) is 5.11. The summed E-state index contributed by atoms with van der Waals surface area (Å²) >= 11 is 0. The molecule has 0 aliphatic rings. The summed E-state index contributed by atoms with van der Waals surface area (Å²) < 4.78 is 0. The lowest BCUT2D eigenvalue weighted by Crippen LogP contribution is -2.23. The predicted molar refractivity (Wildman–Crippen MR) is 83.3 cm³/mol. The van der Waals surface area contributed by atoms with Gasteiger partial charge >= 0.3 is 0 Å². The molecule has 0 spiro atoms. The molecule has 1 aromatic rings. The van der Waals surface area contributed by atoms with Crippen LogP contribution in [0.1, 0.15) is 62.7 Å². The van der Waals surface area contributed by atoms with Gasteiger partial charge in [-0.1, -0.05) is 31.9 Å². The number of hydrogen-bond donors (Lipinski definition) is 1. The number of rotatable bonds is 10. The standard InChI is InChI=1S/C17H28N2/c1-4-6-7-8-9-12-17(19-13-5-2)16-11-10-14-18-15(16)3/h4,10-11,14,17,19H,1,5-9,12-13H2,2-3H3. The van der Waals surface area contributed by atoms with Gasteiger partial charge in [-0.25, -0.2) is 0 Å². The van der Waals surface area contributed by atoms with E-state index in [0.29, 0.717) is 6.04 Å². The molecule has 0 amide bonds. The number of nitrogens with zero attached hydrogens (tertiary/aromatic N) is 1. The zero-order valence-electron chi connectivity index (χ0n) is 12.5. The van der Waals surface area contributed by atoms with Crippen LogP contribution in [-0.2, 0) is 0 Å². The molecule has 1 atom stereocenters. The van der Waals surface area contributed by atoms with Crippen LogP contribution >= 0.6 is 0 Å². The van der Waals surface area contributed by atoms with E-state index in [1.807, 2.05) is 18.3 Å². The molecule has 0 radical (unpaired) electrons. The average molecular weight is 260 g/mol. The summed E-state index contributed by atoms with van der Waals surface area (Å²) in [6.07, 6.45) is 11.2. The molecule has 2 nitrogen and oxygen atoms in total. The molecule has 106 valence electrons. The second-order valence-electron chi connectivity index (χ2n) is 5.11. The van der Waals surface area contributed by atoms with Gasteiger partial charge in [0.15, 0.2) is 0 Å². The zero-order chi connectivity index (χ0) is 13.9. The van der Waals surface area contributed by atoms with Crippen molar-refractivity contribution in [2.75, 3.05) is 6.54 Å². The van der Waals surface area contributed by atoms with E-state index in [0.717, 1.165) is 18.7 Å². The molecule has 1 unspecified atom stereocenters. The molecule has 0 fully saturated rings. The van der Waals surface area contributed by atoms with Gasteiger partial charge in [-0.3, -0.25) is 4.98 Å². The first-order valence-electron chi connectivity index (χ1n) is 7.55. The summed E-state index contributed by atoms with van der Waals surface area (Å²) in [5.74, 6) is 0. The summed E-state index contributed by atoms with van der Waals surface area (Å²) in [5, 5.41) is 3.66. The third kappa shape index (κ3) is 6.02. The van der Waals surface area contributed by atoms with Crippen LogP contribution in [0.15, 0.2) is 31.0 Å². The number of unbranched alkanes of at least 4 members (excludes halogenated alkanes) is 3. The minimum atomic E-state index is 0.456. The minimum absolute atomic E-state index is 0.456. The normalized spacial score (nSPS) is 12.3. The average Bonchev–Trinajstić information content (AvgIpc) is 2.43. The monoisotopic (exact) mass is 260 g/mol. The van der Waals surface area contributed by atoms with E-state index in [4.69, 9.17) is 0 Å². The number of aryl methyl sites for hydroxylation is 1. The van der Waals surface area contributed by atoms with Crippen molar-refractivity contribution in [1.29, 1.82) is 0 Å². The van der Waals surface area contributed by atoms with E-state index in [2.05, 4.69) is 36.8 Å². The first-order valence-corrected chi connectivity index (χ1v) is 7.55. The minimum Gasteiger partial charge on any atom is -0.310 e. The Morgan fingerprint density at radius 1 is 1.37 bits per heavy atom. The highest BCUT2D eigenvalue weighted by Crippen LogP contribution is 2.22. The second kappa shape index (κ2) is 9.74. The van der Waals surface area contributed by atoms with Crippen molar-refractivity contribution >= 4 is 0 Å². The first kappa shape index (κ1) is 15.9. The predicted octanol–water partition coefficient (Wildman–Crippen LogP) is 4.57. The van der Waals surface area contributed by atoms with Gasteiger partial charge in [0, 0.05) is 17.9 Å². The Morgan fingerprint density at radius 3 is 2.89 bits per heavy atom. The molecule has 0 aromatic carbocycles. The van der Waals surface area contributed by atoms with Crippen LogP contribution < -0.4 is 5.32 Å². The molecule has 1 N–H and O–H groups in total. The van der Waals surface area contributed by atoms with Gasteiger partial charge in [0.25, 0.3) is 0 Å². The number of hydrogen-bond acceptors (Lipinski definition) is 2. The lowest BCUT2D eigenvalue weighted by Gasteiger charge is -2.20. The summed E-state index contributed by atoms with van der Waals surface area (Å²) in [7, 11) is 0. The third-order valence-electron chi connectivity index (χ3n) is 3.47. The number of aromatic nitrogens is 1. The van der Waals surface area contributed by atoms with Crippen molar-refractivity contribution in [3.63, 3.8) is 0 Å². The zero-order valence-corrected chi connectivity index (χ0v) is 12.5. The van der Waals surface area contributed by atoms with Crippen molar-refractivity contribution in [2.45, 2.75) is 58.4 Å². The maximum absolute atomic E-state index is 4.41. The quantitative estimate of drug-likeness (QED) is 0.492. The third-order valence-corrected chi connectivity index (χ3v) is 3.47. The van der Waals surface area contributed by atoms with Crippen LogP contribution in [0, 0.1) is 6.92 Å². The SMILES string of the molecule is C=CCCCCCC(NCCC)c1cccnc1C. The number of pyridine rings is 1. The Balaban J connectivity index is 2.52. The van der Waals surface area contributed by atoms with Crippen LogP contribution in [0.25, 0.3) is 0 Å². The van der Waals surface area contributed by atoms with Crippen molar-refractivity contribution in [3.05, 3.63) is 42.2 Å². The molecule has 1 aromatic heterocycles. The lowest BCUT2D eigenvalue weighted by molar-refractivity contribution is 0.469. The topological polar surface area (TPSA) is 24.9 Å². The van der Waals surface area contributed by atoms with Crippen LogP contribution in [0.5, 0.6) is 0 Å². The molecule has 0 saturated carbocycles. The van der Waals surface area contributed by atoms with E-state index in [1.54, 1.807) is 0 Å². The molecular formula is C17H28N2. The number of nitrogens with one attached hydrogen (secondary N) is 1. The molecule has 0 aliphatic carbocycles. The van der Waals surface area contributed by atoms with Crippen LogP contribution in [0.4, 0.5) is 0 Å². The van der Waals surface area contributed by atoms with Gasteiger partial charge in [0.2, 0.25) is 0 Å². The van der Waals surface area contributed by atoms with Crippen LogP contribution in [0.3, 0.4) is 0 Å². The first-order chi connectivity index (χ1) is 9.29. The highest BCUT2D eigenvalue weighted by atomic mass is 14.9. The van der Waals surface area contributed by atoms with E-state index in [9.17, 15) is 0 Å². The molecule has 0 aliphatic heterocycles. The van der Waals surface area contributed by atoms with E-state index in [1.165, 1.54) is 37.7 Å². The fourth-order valence-corrected chi connectivity index (χ4v) is 2.36. The lowest BCUT2D eigenvalue weighted by atomic mass is 9.99. The Bertz CT molecular complexity index is 360. The molecule has 1 rings (SSSR count). The maximum atomic E-state index is 4.41. The largest absolute Gasteiger partial charge is 0.310 e. The van der Waals surface area contributed by atoms with Gasteiger partial charge in [0.1, 0.15) is 0 Å². The molecule has 19 heavy (non-hydrogen) atoms. The van der Waals surface area contributed by atoms with E-state index in [-0.39, 0.29) is 0 Å². The van der Waals surface area contributed by atoms with Crippen molar-refractivity contribution in [2.24, 2.45) is 0 Å². The molecule has 2 heteroatoms. The Hall–Kier alpha value is -1.15. The molecule has 0 bridgehead atoms. The molecular weight excluding hydrogens is 232 g/mol. The molecule has 1 heterocycles. The summed E-state index contributed by atoms with van der Waals surface area (Å²) in [6.45, 7) is 9.16. The molecule has 0 saturated heterocycles. The Labute approximate surface area is 118 Å². The highest BCUT2D eigenvalue weighted by molar-refractivity contribution is 5.22. The maximum Gasteiger partial charge on any atom is 0.0420 e. The van der Waals surface area contributed by atoms with Crippen molar-refractivity contribution in [1.82, 2.24) is 10.3 Å². The summed E-state index contributed by atoms with van der Waals surface area (Å²) in [4.78, 5) is 4.41. The van der Waals surface area contributed by atoms with Crippen LogP contribution in [-0.4, -0.2) is 11.5 Å². The fourth-order valence-electron chi connectivity index (χ4n) is 2.36. The summed E-state index contributed by atoms with van der Waals surface area (Å²) in [5.41, 5.74) is 2.52. The van der Waals surface area contributed by atoms with Crippen LogP contribution in [0.2, 0.25) is 0 Å². The van der Waals surface area contributed by atoms with Crippen molar-refractivity contribution in [3.8, 4) is 0 Å². The van der Waals surface area contributed by atoms with E-state index < -0.39 is 0 Å². The van der Waals surface area contributed by atoms with Crippen molar-refractivity contribution < 1.29 is 0 Å². The Morgan fingerprint density at radius 2 is 2.21 bits per heavy atom. The Kier molecular flexibility index (Phi) is 8.15. The number of allylic oxidation sites excluding steroid dienone is 1. The van der Waals surface area contributed by atoms with Gasteiger partial charge < -0.3 is 5.32 Å². The summed E-state index contributed by atoms with van der Waals surface area (Å²) in [6, 6.07) is 4.71. The van der Waals surface area contributed by atoms with E-state index >= 15 is 0 Å². The van der Waals surface area contributed by atoms with Gasteiger partial charge in [-0.2, -0.15) is 0 Å².